The molecule has 0 amide bonds. The number of rotatable bonds is 3. The van der Waals surface area contributed by atoms with Crippen molar-refractivity contribution >= 4 is 47.8 Å². The SMILES string of the molecule is OB(O)c1cccc(/C=C/B2Nc3cccc4cccc(c34)N2)c1. The highest BCUT2D eigenvalue weighted by atomic mass is 16.4. The van der Waals surface area contributed by atoms with E-state index in [0.717, 1.165) is 16.9 Å². The van der Waals surface area contributed by atoms with Gasteiger partial charge in [-0.2, -0.15) is 0 Å². The van der Waals surface area contributed by atoms with Gasteiger partial charge in [-0.1, -0.05) is 60.6 Å². The topological polar surface area (TPSA) is 64.5 Å². The van der Waals surface area contributed by atoms with Gasteiger partial charge in [0.15, 0.2) is 0 Å². The van der Waals surface area contributed by atoms with E-state index in [9.17, 15) is 10.0 Å². The fourth-order valence-corrected chi connectivity index (χ4v) is 3.08. The van der Waals surface area contributed by atoms with Crippen molar-refractivity contribution in [3.8, 4) is 0 Å². The lowest BCUT2D eigenvalue weighted by Gasteiger charge is -2.24. The maximum atomic E-state index is 9.27. The lowest BCUT2D eigenvalue weighted by molar-refractivity contribution is 0.426. The molecule has 0 fully saturated rings. The van der Waals surface area contributed by atoms with Crippen LogP contribution in [-0.4, -0.2) is 24.1 Å². The second-order valence-corrected chi connectivity index (χ2v) is 5.88. The molecule has 1 aliphatic rings. The van der Waals surface area contributed by atoms with Gasteiger partial charge in [0, 0.05) is 16.8 Å². The summed E-state index contributed by atoms with van der Waals surface area (Å²) in [6.07, 6.45) is 1.96. The summed E-state index contributed by atoms with van der Waals surface area (Å²) < 4.78 is 0. The third-order valence-corrected chi connectivity index (χ3v) is 4.22. The molecule has 0 saturated heterocycles. The Hall–Kier alpha value is -2.69. The first-order valence-corrected chi connectivity index (χ1v) is 7.90. The van der Waals surface area contributed by atoms with Crippen molar-refractivity contribution < 1.29 is 10.0 Å². The highest BCUT2D eigenvalue weighted by Gasteiger charge is 2.20. The van der Waals surface area contributed by atoms with Gasteiger partial charge in [-0.05, 0) is 28.5 Å². The van der Waals surface area contributed by atoms with Crippen molar-refractivity contribution in [2.24, 2.45) is 0 Å². The first kappa shape index (κ1) is 14.9. The van der Waals surface area contributed by atoms with E-state index in [-0.39, 0.29) is 6.98 Å². The van der Waals surface area contributed by atoms with Crippen molar-refractivity contribution in [3.63, 3.8) is 0 Å². The Kier molecular flexibility index (Phi) is 3.76. The van der Waals surface area contributed by atoms with Gasteiger partial charge in [0.1, 0.15) is 0 Å². The van der Waals surface area contributed by atoms with Crippen LogP contribution in [0, 0.1) is 0 Å². The summed E-state index contributed by atoms with van der Waals surface area (Å²) in [6, 6.07) is 19.7. The van der Waals surface area contributed by atoms with Gasteiger partial charge in [-0.3, -0.25) is 0 Å². The molecule has 1 heterocycles. The molecule has 3 aromatic rings. The fourth-order valence-electron chi connectivity index (χ4n) is 3.08. The smallest absolute Gasteiger partial charge is 0.423 e. The standard InChI is InChI=1S/C18H16B2N2O2/c23-20(24)15-7-1-4-13(12-15)10-11-19-21-16-8-2-5-14-6-3-9-17(22-19)18(14)16/h1-12,21-24H/b11-10+. The summed E-state index contributed by atoms with van der Waals surface area (Å²) >= 11 is 0. The van der Waals surface area contributed by atoms with Gasteiger partial charge in [0.25, 0.3) is 0 Å². The molecule has 24 heavy (non-hydrogen) atoms. The lowest BCUT2D eigenvalue weighted by Crippen LogP contribution is -2.35. The van der Waals surface area contributed by atoms with E-state index in [1.54, 1.807) is 12.1 Å². The molecule has 3 aromatic carbocycles. The van der Waals surface area contributed by atoms with Crippen molar-refractivity contribution in [2.75, 3.05) is 10.5 Å². The van der Waals surface area contributed by atoms with E-state index in [1.165, 1.54) is 10.8 Å². The minimum atomic E-state index is -1.45. The Morgan fingerprint density at radius 3 is 2.21 bits per heavy atom. The van der Waals surface area contributed by atoms with Gasteiger partial charge < -0.3 is 20.5 Å². The first-order chi connectivity index (χ1) is 11.7. The average Bonchev–Trinajstić information content (AvgIpc) is 2.61. The minimum absolute atomic E-state index is 0.0341. The Morgan fingerprint density at radius 2 is 1.54 bits per heavy atom. The predicted octanol–water partition coefficient (Wildman–Crippen LogP) is 2.10. The van der Waals surface area contributed by atoms with Crippen LogP contribution in [0.25, 0.3) is 16.8 Å². The van der Waals surface area contributed by atoms with Crippen LogP contribution >= 0.6 is 0 Å². The van der Waals surface area contributed by atoms with E-state index in [1.807, 2.05) is 36.3 Å². The monoisotopic (exact) mass is 314 g/mol. The molecule has 1 aliphatic heterocycles. The molecular formula is C18H16B2N2O2. The summed E-state index contributed by atoms with van der Waals surface area (Å²) in [7, 11) is -1.45. The van der Waals surface area contributed by atoms with Crippen molar-refractivity contribution in [2.45, 2.75) is 0 Å². The third-order valence-electron chi connectivity index (χ3n) is 4.22. The second kappa shape index (κ2) is 6.07. The third kappa shape index (κ3) is 2.77. The van der Waals surface area contributed by atoms with Crippen molar-refractivity contribution in [1.29, 1.82) is 0 Å². The van der Waals surface area contributed by atoms with E-state index >= 15 is 0 Å². The highest BCUT2D eigenvalue weighted by molar-refractivity contribution is 6.73. The van der Waals surface area contributed by atoms with Crippen LogP contribution in [0.5, 0.6) is 0 Å². The maximum absolute atomic E-state index is 9.27. The summed E-state index contributed by atoms with van der Waals surface area (Å²) in [4.78, 5) is 0. The molecule has 0 aromatic heterocycles. The van der Waals surface area contributed by atoms with Crippen LogP contribution in [0.1, 0.15) is 5.56 Å². The number of hydrogen-bond acceptors (Lipinski definition) is 4. The quantitative estimate of drug-likeness (QED) is 0.559. The minimum Gasteiger partial charge on any atom is -0.423 e. The van der Waals surface area contributed by atoms with Crippen LogP contribution in [0.15, 0.2) is 66.6 Å². The van der Waals surface area contributed by atoms with E-state index < -0.39 is 7.12 Å². The molecule has 0 unspecified atom stereocenters. The van der Waals surface area contributed by atoms with E-state index in [4.69, 9.17) is 0 Å². The first-order valence-electron chi connectivity index (χ1n) is 7.90. The van der Waals surface area contributed by atoms with Gasteiger partial charge in [0.2, 0.25) is 0 Å². The summed E-state index contributed by atoms with van der Waals surface area (Å²) in [5.74, 6) is 2.03. The van der Waals surface area contributed by atoms with Crippen LogP contribution in [0.3, 0.4) is 0 Å². The van der Waals surface area contributed by atoms with Gasteiger partial charge in [0.05, 0.1) is 0 Å². The zero-order valence-corrected chi connectivity index (χ0v) is 13.0. The zero-order valence-electron chi connectivity index (χ0n) is 13.0. The zero-order chi connectivity index (χ0) is 16.5. The highest BCUT2D eigenvalue weighted by Crippen LogP contribution is 2.33. The second-order valence-electron chi connectivity index (χ2n) is 5.88. The molecule has 0 bridgehead atoms. The van der Waals surface area contributed by atoms with Crippen LogP contribution < -0.4 is 15.9 Å². The Balaban J connectivity index is 1.60. The molecular weight excluding hydrogens is 298 g/mol. The molecule has 116 valence electrons. The van der Waals surface area contributed by atoms with Gasteiger partial charge in [-0.25, -0.2) is 0 Å². The molecule has 4 rings (SSSR count). The molecule has 0 saturated carbocycles. The van der Waals surface area contributed by atoms with Gasteiger partial charge in [-0.15, -0.1) is 0 Å². The Bertz CT molecular complexity index is 887. The average molecular weight is 314 g/mol. The van der Waals surface area contributed by atoms with Gasteiger partial charge >= 0.3 is 14.1 Å². The summed E-state index contributed by atoms with van der Waals surface area (Å²) in [6.45, 7) is -0.0341. The fraction of sp³-hybridized carbons (Fsp3) is 0. The maximum Gasteiger partial charge on any atom is 0.488 e. The number of hydrogen-bond donors (Lipinski definition) is 4. The molecule has 0 radical (unpaired) electrons. The van der Waals surface area contributed by atoms with Crippen molar-refractivity contribution in [3.05, 3.63) is 72.2 Å². The van der Waals surface area contributed by atoms with Crippen LogP contribution in [0.2, 0.25) is 0 Å². The van der Waals surface area contributed by atoms with E-state index in [2.05, 4.69) is 34.7 Å². The summed E-state index contributed by atoms with van der Waals surface area (Å²) in [5.41, 5.74) is 3.62. The number of anilines is 2. The molecule has 0 atom stereocenters. The predicted molar refractivity (Wildman–Crippen MR) is 102 cm³/mol. The molecule has 4 nitrogen and oxygen atoms in total. The molecule has 4 N–H and O–H groups in total. The molecule has 0 aliphatic carbocycles. The molecule has 0 spiro atoms. The Labute approximate surface area is 141 Å². The van der Waals surface area contributed by atoms with Crippen LogP contribution in [-0.2, 0) is 0 Å². The Morgan fingerprint density at radius 1 is 0.875 bits per heavy atom. The lowest BCUT2D eigenvalue weighted by atomic mass is 9.72. The summed E-state index contributed by atoms with van der Waals surface area (Å²) in [5, 5.41) is 27.9. The molecule has 6 heteroatoms. The number of benzene rings is 3. The van der Waals surface area contributed by atoms with Crippen LogP contribution in [0.4, 0.5) is 11.4 Å². The van der Waals surface area contributed by atoms with Crippen molar-refractivity contribution in [1.82, 2.24) is 0 Å². The van der Waals surface area contributed by atoms with E-state index in [0.29, 0.717) is 5.46 Å². The normalized spacial score (nSPS) is 13.0. The number of nitrogens with one attached hydrogen (secondary N) is 2. The largest absolute Gasteiger partial charge is 0.488 e.